The molecule has 0 bridgehead atoms. The number of ether oxygens (including phenoxy) is 1. The molecule has 0 saturated carbocycles. The van der Waals surface area contributed by atoms with Crippen LogP contribution in [0.25, 0.3) is 0 Å². The number of rotatable bonds is 4. The molecular weight excluding hydrogens is 306 g/mol. The molecule has 112 valence electrons. The van der Waals surface area contributed by atoms with E-state index in [1.807, 2.05) is 11.4 Å². The van der Waals surface area contributed by atoms with Crippen molar-refractivity contribution in [3.8, 4) is 11.5 Å². The minimum atomic E-state index is -0.837. The van der Waals surface area contributed by atoms with Crippen molar-refractivity contribution >= 4 is 11.3 Å². The Morgan fingerprint density at radius 2 is 1.77 bits per heavy atom. The lowest BCUT2D eigenvalue weighted by atomic mass is 10.1. The molecule has 2 aromatic carbocycles. The predicted octanol–water partition coefficient (Wildman–Crippen LogP) is 4.90. The molecule has 3 rings (SSSR count). The number of aliphatic hydroxyl groups excluding tert-OH is 1. The molecule has 0 aliphatic rings. The normalized spacial score (nSPS) is 12.1. The largest absolute Gasteiger partial charge is 0.454 e. The average Bonchev–Trinajstić information content (AvgIpc) is 3.05. The molecule has 0 radical (unpaired) electrons. The summed E-state index contributed by atoms with van der Waals surface area (Å²) >= 11 is 1.42. The second-order valence-corrected chi connectivity index (χ2v) is 5.64. The molecule has 2 nitrogen and oxygen atoms in total. The summed E-state index contributed by atoms with van der Waals surface area (Å²) < 4.78 is 32.2. The van der Waals surface area contributed by atoms with Gasteiger partial charge in [0, 0.05) is 4.88 Å². The quantitative estimate of drug-likeness (QED) is 0.741. The molecule has 1 heterocycles. The number of thiophene rings is 1. The van der Waals surface area contributed by atoms with Crippen molar-refractivity contribution in [2.75, 3.05) is 0 Å². The van der Waals surface area contributed by atoms with Gasteiger partial charge < -0.3 is 9.84 Å². The maximum absolute atomic E-state index is 13.9. The van der Waals surface area contributed by atoms with Crippen LogP contribution in [-0.4, -0.2) is 5.11 Å². The molecule has 0 fully saturated rings. The Labute approximate surface area is 130 Å². The summed E-state index contributed by atoms with van der Waals surface area (Å²) in [5.41, 5.74) is 0.529. The summed E-state index contributed by atoms with van der Waals surface area (Å²) in [7, 11) is 0. The van der Waals surface area contributed by atoms with Gasteiger partial charge in [0.2, 0.25) is 0 Å². The maximum atomic E-state index is 13.9. The summed E-state index contributed by atoms with van der Waals surface area (Å²) in [6.45, 7) is 0. The standard InChI is InChI=1S/C17H12F2O2S/c18-12-4-6-13(7-5-12)21-15-10-11(3-8-14(15)19)17(20)16-2-1-9-22-16/h1-10,17,20H. The summed E-state index contributed by atoms with van der Waals surface area (Å²) in [5, 5.41) is 12.1. The lowest BCUT2D eigenvalue weighted by Crippen LogP contribution is -1.99. The zero-order valence-electron chi connectivity index (χ0n) is 11.4. The first kappa shape index (κ1) is 14.7. The van der Waals surface area contributed by atoms with Crippen LogP contribution in [0.3, 0.4) is 0 Å². The van der Waals surface area contributed by atoms with Crippen molar-refractivity contribution in [2.24, 2.45) is 0 Å². The Morgan fingerprint density at radius 1 is 1.00 bits per heavy atom. The molecule has 0 aliphatic carbocycles. The van der Waals surface area contributed by atoms with Gasteiger partial charge in [-0.3, -0.25) is 0 Å². The first-order chi connectivity index (χ1) is 10.6. The summed E-state index contributed by atoms with van der Waals surface area (Å²) in [5.74, 6) is -0.635. The van der Waals surface area contributed by atoms with Crippen molar-refractivity contribution in [1.29, 1.82) is 0 Å². The predicted molar refractivity (Wildman–Crippen MR) is 81.3 cm³/mol. The zero-order chi connectivity index (χ0) is 15.5. The van der Waals surface area contributed by atoms with E-state index >= 15 is 0 Å². The Kier molecular flexibility index (Phi) is 4.18. The lowest BCUT2D eigenvalue weighted by molar-refractivity contribution is 0.223. The van der Waals surface area contributed by atoms with Crippen LogP contribution in [0.5, 0.6) is 11.5 Å². The Morgan fingerprint density at radius 3 is 2.45 bits per heavy atom. The highest BCUT2D eigenvalue weighted by Crippen LogP contribution is 2.31. The molecule has 22 heavy (non-hydrogen) atoms. The lowest BCUT2D eigenvalue weighted by Gasteiger charge is -2.12. The highest BCUT2D eigenvalue weighted by Gasteiger charge is 2.15. The van der Waals surface area contributed by atoms with Crippen LogP contribution in [0.1, 0.15) is 16.5 Å². The van der Waals surface area contributed by atoms with Crippen molar-refractivity contribution in [3.05, 3.63) is 82.1 Å². The van der Waals surface area contributed by atoms with E-state index in [-0.39, 0.29) is 5.75 Å². The molecule has 0 aliphatic heterocycles. The SMILES string of the molecule is OC(c1ccc(F)c(Oc2ccc(F)cc2)c1)c1cccs1. The minimum absolute atomic E-state index is 0.0142. The molecule has 0 amide bonds. The number of hydrogen-bond acceptors (Lipinski definition) is 3. The molecule has 0 saturated heterocycles. The van der Waals surface area contributed by atoms with Gasteiger partial charge in [0.25, 0.3) is 0 Å². The third kappa shape index (κ3) is 3.16. The van der Waals surface area contributed by atoms with Crippen LogP contribution >= 0.6 is 11.3 Å². The van der Waals surface area contributed by atoms with Crippen LogP contribution < -0.4 is 4.74 Å². The second-order valence-electron chi connectivity index (χ2n) is 4.66. The van der Waals surface area contributed by atoms with Gasteiger partial charge in [-0.05, 0) is 53.4 Å². The van der Waals surface area contributed by atoms with E-state index in [0.29, 0.717) is 11.3 Å². The smallest absolute Gasteiger partial charge is 0.165 e. The van der Waals surface area contributed by atoms with Gasteiger partial charge in [-0.2, -0.15) is 0 Å². The number of hydrogen-bond donors (Lipinski definition) is 1. The van der Waals surface area contributed by atoms with E-state index in [1.54, 1.807) is 6.07 Å². The molecule has 3 aromatic rings. The van der Waals surface area contributed by atoms with E-state index in [2.05, 4.69) is 0 Å². The fourth-order valence-corrected chi connectivity index (χ4v) is 2.75. The van der Waals surface area contributed by atoms with E-state index < -0.39 is 17.7 Å². The third-order valence-corrected chi connectivity index (χ3v) is 4.05. The minimum Gasteiger partial charge on any atom is -0.454 e. The zero-order valence-corrected chi connectivity index (χ0v) is 12.2. The number of benzene rings is 2. The van der Waals surface area contributed by atoms with Gasteiger partial charge in [0.1, 0.15) is 17.7 Å². The Bertz CT molecular complexity index is 755. The van der Waals surface area contributed by atoms with Gasteiger partial charge in [-0.15, -0.1) is 11.3 Å². The molecule has 1 N–H and O–H groups in total. The van der Waals surface area contributed by atoms with Gasteiger partial charge in [-0.1, -0.05) is 12.1 Å². The Balaban J connectivity index is 1.88. The first-order valence-electron chi connectivity index (χ1n) is 6.58. The van der Waals surface area contributed by atoms with Gasteiger partial charge >= 0.3 is 0 Å². The van der Waals surface area contributed by atoms with Crippen LogP contribution in [-0.2, 0) is 0 Å². The van der Waals surface area contributed by atoms with Crippen LogP contribution in [0.2, 0.25) is 0 Å². The van der Waals surface area contributed by atoms with Crippen molar-refractivity contribution in [3.63, 3.8) is 0 Å². The van der Waals surface area contributed by atoms with Crippen LogP contribution in [0, 0.1) is 11.6 Å². The van der Waals surface area contributed by atoms with Crippen LogP contribution in [0.4, 0.5) is 8.78 Å². The topological polar surface area (TPSA) is 29.5 Å². The van der Waals surface area contributed by atoms with E-state index in [4.69, 9.17) is 4.74 Å². The molecule has 1 unspecified atom stereocenters. The second kappa shape index (κ2) is 6.25. The fourth-order valence-electron chi connectivity index (χ4n) is 2.01. The van der Waals surface area contributed by atoms with E-state index in [9.17, 15) is 13.9 Å². The molecule has 1 aromatic heterocycles. The fraction of sp³-hybridized carbons (Fsp3) is 0.0588. The van der Waals surface area contributed by atoms with Crippen molar-refractivity contribution in [2.45, 2.75) is 6.10 Å². The van der Waals surface area contributed by atoms with Crippen LogP contribution in [0.15, 0.2) is 60.0 Å². The Hall–Kier alpha value is -2.24. The summed E-state index contributed by atoms with van der Waals surface area (Å²) in [6.07, 6.45) is -0.837. The summed E-state index contributed by atoms with van der Waals surface area (Å²) in [4.78, 5) is 0.763. The van der Waals surface area contributed by atoms with Gasteiger partial charge in [0.05, 0.1) is 0 Å². The van der Waals surface area contributed by atoms with Gasteiger partial charge in [0.15, 0.2) is 11.6 Å². The molecule has 5 heteroatoms. The van der Waals surface area contributed by atoms with Gasteiger partial charge in [-0.25, -0.2) is 8.78 Å². The van der Waals surface area contributed by atoms with E-state index in [1.165, 1.54) is 53.8 Å². The highest BCUT2D eigenvalue weighted by molar-refractivity contribution is 7.10. The monoisotopic (exact) mass is 318 g/mol. The van der Waals surface area contributed by atoms with Crippen molar-refractivity contribution < 1.29 is 18.6 Å². The van der Waals surface area contributed by atoms with Crippen molar-refractivity contribution in [1.82, 2.24) is 0 Å². The molecular formula is C17H12F2O2S. The highest BCUT2D eigenvalue weighted by atomic mass is 32.1. The number of halogens is 2. The van der Waals surface area contributed by atoms with E-state index in [0.717, 1.165) is 4.88 Å². The number of aliphatic hydroxyl groups is 1. The molecule has 1 atom stereocenters. The third-order valence-electron chi connectivity index (χ3n) is 3.13. The molecule has 0 spiro atoms. The average molecular weight is 318 g/mol. The first-order valence-corrected chi connectivity index (χ1v) is 7.46. The summed E-state index contributed by atoms with van der Waals surface area (Å²) in [6, 6.07) is 13.1. The maximum Gasteiger partial charge on any atom is 0.165 e.